The Morgan fingerprint density at radius 1 is 1.53 bits per heavy atom. The van der Waals surface area contributed by atoms with Gasteiger partial charge in [-0.2, -0.15) is 5.26 Å². The smallest absolute Gasteiger partial charge is 0.0703 e. The topological polar surface area (TPSA) is 48.7 Å². The summed E-state index contributed by atoms with van der Waals surface area (Å²) in [5, 5.41) is 12.4. The van der Waals surface area contributed by atoms with Crippen LogP contribution in [0.25, 0.3) is 0 Å². The molecule has 0 radical (unpaired) electrons. The molecule has 0 bridgehead atoms. The number of rotatable bonds is 5. The van der Waals surface area contributed by atoms with Crippen LogP contribution in [0, 0.1) is 16.7 Å². The lowest BCUT2D eigenvalue weighted by molar-refractivity contribution is 0.442. The molecule has 0 spiro atoms. The van der Waals surface area contributed by atoms with E-state index in [0.717, 1.165) is 25.9 Å². The highest BCUT2D eigenvalue weighted by molar-refractivity contribution is 5.20. The Morgan fingerprint density at radius 3 is 2.82 bits per heavy atom. The molecule has 1 N–H and O–H groups in total. The van der Waals surface area contributed by atoms with E-state index >= 15 is 0 Å². The van der Waals surface area contributed by atoms with E-state index in [1.165, 1.54) is 5.56 Å². The van der Waals surface area contributed by atoms with Crippen molar-refractivity contribution in [2.45, 2.75) is 32.1 Å². The average molecular weight is 229 g/mol. The molecule has 1 aromatic rings. The van der Waals surface area contributed by atoms with E-state index in [4.69, 9.17) is 5.26 Å². The Kier molecular flexibility index (Phi) is 3.17. The number of nitrogens with one attached hydrogen (secondary N) is 1. The number of hydrogen-bond donors (Lipinski definition) is 1. The van der Waals surface area contributed by atoms with Crippen molar-refractivity contribution >= 4 is 0 Å². The fourth-order valence-corrected chi connectivity index (χ4v) is 1.96. The Balaban J connectivity index is 1.88. The van der Waals surface area contributed by atoms with Gasteiger partial charge in [0.2, 0.25) is 0 Å². The molecule has 0 aromatic carbocycles. The molecule has 17 heavy (non-hydrogen) atoms. The average Bonchev–Trinajstić information content (AvgIpc) is 3.11. The molecule has 1 heterocycles. The molecule has 1 saturated carbocycles. The third kappa shape index (κ3) is 2.83. The van der Waals surface area contributed by atoms with E-state index in [-0.39, 0.29) is 10.8 Å². The van der Waals surface area contributed by atoms with Crippen molar-refractivity contribution in [1.29, 1.82) is 5.26 Å². The molecule has 0 amide bonds. The second-order valence-corrected chi connectivity index (χ2v) is 5.62. The summed E-state index contributed by atoms with van der Waals surface area (Å²) >= 11 is 0. The monoisotopic (exact) mass is 229 g/mol. The number of nitrogens with zero attached hydrogens (tertiary/aromatic N) is 2. The first kappa shape index (κ1) is 12.1. The molecule has 0 saturated heterocycles. The first-order valence-electron chi connectivity index (χ1n) is 6.11. The summed E-state index contributed by atoms with van der Waals surface area (Å²) < 4.78 is 0. The zero-order valence-electron chi connectivity index (χ0n) is 10.5. The summed E-state index contributed by atoms with van der Waals surface area (Å²) in [4.78, 5) is 4.16. The van der Waals surface area contributed by atoms with Gasteiger partial charge in [-0.1, -0.05) is 19.9 Å². The summed E-state index contributed by atoms with van der Waals surface area (Å²) in [5.74, 6) is 0. The van der Waals surface area contributed by atoms with Crippen molar-refractivity contribution < 1.29 is 0 Å². The summed E-state index contributed by atoms with van der Waals surface area (Å²) in [7, 11) is 0. The van der Waals surface area contributed by atoms with Crippen molar-refractivity contribution in [3.8, 4) is 6.07 Å². The van der Waals surface area contributed by atoms with Crippen LogP contribution in [-0.2, 0) is 5.41 Å². The van der Waals surface area contributed by atoms with Gasteiger partial charge in [0.15, 0.2) is 0 Å². The molecule has 0 aliphatic heterocycles. The van der Waals surface area contributed by atoms with Crippen LogP contribution in [0.5, 0.6) is 0 Å². The van der Waals surface area contributed by atoms with Crippen LogP contribution in [0.15, 0.2) is 24.5 Å². The van der Waals surface area contributed by atoms with Gasteiger partial charge >= 0.3 is 0 Å². The highest BCUT2D eigenvalue weighted by atomic mass is 14.9. The zero-order valence-corrected chi connectivity index (χ0v) is 10.5. The summed E-state index contributed by atoms with van der Waals surface area (Å²) in [6.07, 6.45) is 5.80. The van der Waals surface area contributed by atoms with Gasteiger partial charge in [-0.3, -0.25) is 4.98 Å². The minimum Gasteiger partial charge on any atom is -0.314 e. The van der Waals surface area contributed by atoms with Crippen LogP contribution < -0.4 is 5.32 Å². The minimum atomic E-state index is -0.0645. The molecule has 3 heteroatoms. The van der Waals surface area contributed by atoms with Crippen LogP contribution in [0.1, 0.15) is 32.3 Å². The first-order valence-corrected chi connectivity index (χ1v) is 6.11. The number of hydrogen-bond acceptors (Lipinski definition) is 3. The standard InChI is InChI=1S/C14H19N3/c1-13(2,12-4-3-7-16-8-12)10-17-11-14(9-15)5-6-14/h3-4,7-8,17H,5-6,10-11H2,1-2H3. The predicted molar refractivity (Wildman–Crippen MR) is 67.4 cm³/mol. The van der Waals surface area contributed by atoms with Crippen LogP contribution >= 0.6 is 0 Å². The van der Waals surface area contributed by atoms with Crippen LogP contribution in [0.3, 0.4) is 0 Å². The molecule has 1 aliphatic rings. The van der Waals surface area contributed by atoms with Crippen LogP contribution in [0.4, 0.5) is 0 Å². The summed E-state index contributed by atoms with van der Waals surface area (Å²) in [6, 6.07) is 6.47. The minimum absolute atomic E-state index is 0.0554. The Bertz CT molecular complexity index is 413. The second kappa shape index (κ2) is 4.46. The number of pyridine rings is 1. The maximum atomic E-state index is 9.00. The van der Waals surface area contributed by atoms with Crippen LogP contribution in [0.2, 0.25) is 0 Å². The molecule has 1 aromatic heterocycles. The quantitative estimate of drug-likeness (QED) is 0.842. The third-order valence-electron chi connectivity index (χ3n) is 3.56. The van der Waals surface area contributed by atoms with Crippen LogP contribution in [-0.4, -0.2) is 18.1 Å². The molecular weight excluding hydrogens is 210 g/mol. The molecule has 0 atom stereocenters. The van der Waals surface area contributed by atoms with Gasteiger partial charge in [-0.25, -0.2) is 0 Å². The van der Waals surface area contributed by atoms with E-state index in [0.29, 0.717) is 0 Å². The molecule has 1 aliphatic carbocycles. The number of nitriles is 1. The molecule has 1 fully saturated rings. The Morgan fingerprint density at radius 2 is 2.29 bits per heavy atom. The Labute approximate surface area is 103 Å². The second-order valence-electron chi connectivity index (χ2n) is 5.62. The van der Waals surface area contributed by atoms with Gasteiger partial charge in [0.25, 0.3) is 0 Å². The van der Waals surface area contributed by atoms with Crippen molar-refractivity contribution in [3.05, 3.63) is 30.1 Å². The van der Waals surface area contributed by atoms with Gasteiger partial charge in [0.05, 0.1) is 11.5 Å². The maximum absolute atomic E-state index is 9.00. The lowest BCUT2D eigenvalue weighted by Gasteiger charge is -2.25. The van der Waals surface area contributed by atoms with Crippen molar-refractivity contribution in [2.24, 2.45) is 5.41 Å². The lowest BCUT2D eigenvalue weighted by Crippen LogP contribution is -2.36. The van der Waals surface area contributed by atoms with E-state index in [1.807, 2.05) is 12.3 Å². The van der Waals surface area contributed by atoms with E-state index in [9.17, 15) is 0 Å². The third-order valence-corrected chi connectivity index (χ3v) is 3.56. The SMILES string of the molecule is CC(C)(CNCC1(C#N)CC1)c1cccnc1. The van der Waals surface area contributed by atoms with Gasteiger partial charge in [-0.15, -0.1) is 0 Å². The number of aromatic nitrogens is 1. The highest BCUT2D eigenvalue weighted by Crippen LogP contribution is 2.44. The molecule has 90 valence electrons. The normalized spacial score (nSPS) is 17.5. The van der Waals surface area contributed by atoms with E-state index in [1.54, 1.807) is 6.20 Å². The van der Waals surface area contributed by atoms with Crippen molar-refractivity contribution in [3.63, 3.8) is 0 Å². The van der Waals surface area contributed by atoms with E-state index < -0.39 is 0 Å². The summed E-state index contributed by atoms with van der Waals surface area (Å²) in [6.45, 7) is 6.08. The maximum Gasteiger partial charge on any atom is 0.0703 e. The predicted octanol–water partition coefficient (Wildman–Crippen LogP) is 2.25. The van der Waals surface area contributed by atoms with Crippen molar-refractivity contribution in [2.75, 3.05) is 13.1 Å². The fraction of sp³-hybridized carbons (Fsp3) is 0.571. The lowest BCUT2D eigenvalue weighted by atomic mass is 9.85. The van der Waals surface area contributed by atoms with Gasteiger partial charge < -0.3 is 5.32 Å². The van der Waals surface area contributed by atoms with Gasteiger partial charge in [-0.05, 0) is 24.5 Å². The fourth-order valence-electron chi connectivity index (χ4n) is 1.96. The highest BCUT2D eigenvalue weighted by Gasteiger charge is 2.42. The zero-order chi connectivity index (χ0) is 12.4. The summed E-state index contributed by atoms with van der Waals surface area (Å²) in [5.41, 5.74) is 1.22. The molecule has 3 nitrogen and oxygen atoms in total. The molecular formula is C14H19N3. The van der Waals surface area contributed by atoms with Gasteiger partial charge in [0.1, 0.15) is 0 Å². The molecule has 2 rings (SSSR count). The van der Waals surface area contributed by atoms with Gasteiger partial charge in [0, 0.05) is 30.9 Å². The van der Waals surface area contributed by atoms with E-state index in [2.05, 4.69) is 36.3 Å². The van der Waals surface area contributed by atoms with Crippen molar-refractivity contribution in [1.82, 2.24) is 10.3 Å². The largest absolute Gasteiger partial charge is 0.314 e. The molecule has 0 unspecified atom stereocenters. The first-order chi connectivity index (χ1) is 8.08. The Hall–Kier alpha value is -1.40.